The number of anilines is 2. The smallest absolute Gasteiger partial charge is 0.343 e. The maximum absolute atomic E-state index is 13.2. The number of fused-ring (bicyclic) bond motifs is 1. The molecule has 2 aromatic heterocycles. The van der Waals surface area contributed by atoms with Gasteiger partial charge in [0.25, 0.3) is 11.6 Å². The summed E-state index contributed by atoms with van der Waals surface area (Å²) in [6.45, 7) is 3.72. The number of rotatable bonds is 7. The molecular weight excluding hydrogens is 464 g/mol. The Kier molecular flexibility index (Phi) is 6.64. The number of benzene rings is 2. The molecule has 0 saturated heterocycles. The summed E-state index contributed by atoms with van der Waals surface area (Å²) in [6.07, 6.45) is 1.29. The van der Waals surface area contributed by atoms with E-state index in [1.165, 1.54) is 29.1 Å². The van der Waals surface area contributed by atoms with Crippen LogP contribution in [0, 0.1) is 17.0 Å². The van der Waals surface area contributed by atoms with Crippen LogP contribution >= 0.6 is 0 Å². The second-order valence-electron chi connectivity index (χ2n) is 8.16. The third kappa shape index (κ3) is 4.58. The van der Waals surface area contributed by atoms with Gasteiger partial charge in [0.05, 0.1) is 23.2 Å². The highest BCUT2D eigenvalue weighted by Gasteiger charge is 2.25. The molecule has 184 valence electrons. The molecule has 1 N–H and O–H groups in total. The molecule has 4 rings (SSSR count). The first-order valence-corrected chi connectivity index (χ1v) is 11.1. The van der Waals surface area contributed by atoms with Gasteiger partial charge < -0.3 is 15.0 Å². The van der Waals surface area contributed by atoms with E-state index in [1.807, 2.05) is 31.2 Å². The number of para-hydroxylation sites is 1. The van der Waals surface area contributed by atoms with Crippen LogP contribution in [0.25, 0.3) is 16.7 Å². The lowest BCUT2D eigenvalue weighted by atomic mass is 10.1. The van der Waals surface area contributed by atoms with Crippen molar-refractivity contribution in [1.29, 1.82) is 0 Å². The lowest BCUT2D eigenvalue weighted by Gasteiger charge is -2.14. The van der Waals surface area contributed by atoms with Crippen molar-refractivity contribution < 1.29 is 19.2 Å². The summed E-state index contributed by atoms with van der Waals surface area (Å²) in [5.41, 5.74) is 1.83. The van der Waals surface area contributed by atoms with Crippen LogP contribution in [0.5, 0.6) is 0 Å². The van der Waals surface area contributed by atoms with Crippen molar-refractivity contribution in [2.75, 3.05) is 30.9 Å². The SMILES string of the molecule is CCOC(=O)c1cnn(-c2cc(C)c3ccccc3n2)c1NC(=O)c1ccc(N(C)C)c([N+](=O)[O-])c1. The number of nitrogens with one attached hydrogen (secondary N) is 1. The minimum Gasteiger partial charge on any atom is -0.462 e. The maximum Gasteiger partial charge on any atom is 0.343 e. The van der Waals surface area contributed by atoms with E-state index < -0.39 is 16.8 Å². The molecule has 11 heteroatoms. The summed E-state index contributed by atoms with van der Waals surface area (Å²) in [6, 6.07) is 13.5. The summed E-state index contributed by atoms with van der Waals surface area (Å²) in [5.74, 6) is -0.912. The van der Waals surface area contributed by atoms with Gasteiger partial charge in [-0.25, -0.2) is 9.78 Å². The number of aromatic nitrogens is 3. The summed E-state index contributed by atoms with van der Waals surface area (Å²) in [4.78, 5) is 43.1. The number of amides is 1. The third-order valence-corrected chi connectivity index (χ3v) is 5.54. The average Bonchev–Trinajstić information content (AvgIpc) is 3.27. The lowest BCUT2D eigenvalue weighted by molar-refractivity contribution is -0.384. The standard InChI is InChI=1S/C25H24N6O5/c1-5-36-25(33)18-14-26-30(22-12-15(2)17-8-6-7-9-19(17)27-22)23(18)28-24(32)16-10-11-20(29(3)4)21(13-16)31(34)35/h6-14H,5H2,1-4H3,(H,28,32). The van der Waals surface area contributed by atoms with E-state index in [-0.39, 0.29) is 29.2 Å². The highest BCUT2D eigenvalue weighted by atomic mass is 16.6. The normalized spacial score (nSPS) is 10.8. The molecule has 0 atom stereocenters. The fraction of sp³-hybridized carbons (Fsp3) is 0.200. The van der Waals surface area contributed by atoms with Crippen molar-refractivity contribution in [3.8, 4) is 5.82 Å². The summed E-state index contributed by atoms with van der Waals surface area (Å²) in [7, 11) is 3.34. The van der Waals surface area contributed by atoms with Crippen LogP contribution in [0.1, 0.15) is 33.2 Å². The fourth-order valence-corrected chi connectivity index (χ4v) is 3.81. The Bertz CT molecular complexity index is 1490. The number of hydrogen-bond donors (Lipinski definition) is 1. The van der Waals surface area contributed by atoms with Crippen molar-refractivity contribution in [3.63, 3.8) is 0 Å². The zero-order chi connectivity index (χ0) is 26.0. The Morgan fingerprint density at radius 3 is 2.61 bits per heavy atom. The van der Waals surface area contributed by atoms with Crippen LogP contribution in [0.4, 0.5) is 17.2 Å². The van der Waals surface area contributed by atoms with Gasteiger partial charge in [-0.3, -0.25) is 14.9 Å². The minimum atomic E-state index is -0.675. The quantitative estimate of drug-likeness (QED) is 0.233. The minimum absolute atomic E-state index is 0.0252. The van der Waals surface area contributed by atoms with Crippen LogP contribution in [0.15, 0.2) is 54.7 Å². The van der Waals surface area contributed by atoms with Crippen LogP contribution in [-0.4, -0.2) is 52.3 Å². The Morgan fingerprint density at radius 1 is 1.17 bits per heavy atom. The molecule has 0 saturated carbocycles. The zero-order valence-corrected chi connectivity index (χ0v) is 20.2. The van der Waals surface area contributed by atoms with Gasteiger partial charge >= 0.3 is 5.97 Å². The monoisotopic (exact) mass is 488 g/mol. The van der Waals surface area contributed by atoms with Gasteiger partial charge in [-0.1, -0.05) is 18.2 Å². The van der Waals surface area contributed by atoms with Gasteiger partial charge in [-0.15, -0.1) is 0 Å². The molecule has 0 aliphatic carbocycles. The number of aryl methyl sites for hydroxylation is 1. The molecule has 36 heavy (non-hydrogen) atoms. The molecule has 4 aromatic rings. The molecule has 2 heterocycles. The van der Waals surface area contributed by atoms with Crippen molar-refractivity contribution in [1.82, 2.24) is 14.8 Å². The van der Waals surface area contributed by atoms with E-state index in [2.05, 4.69) is 15.4 Å². The lowest BCUT2D eigenvalue weighted by Crippen LogP contribution is -2.19. The van der Waals surface area contributed by atoms with Crippen LogP contribution < -0.4 is 10.2 Å². The van der Waals surface area contributed by atoms with Crippen molar-refractivity contribution >= 4 is 40.0 Å². The highest BCUT2D eigenvalue weighted by Crippen LogP contribution is 2.29. The van der Waals surface area contributed by atoms with Crippen molar-refractivity contribution in [2.45, 2.75) is 13.8 Å². The van der Waals surface area contributed by atoms with Gasteiger partial charge in [0.2, 0.25) is 0 Å². The first-order valence-electron chi connectivity index (χ1n) is 11.1. The number of pyridine rings is 1. The third-order valence-electron chi connectivity index (χ3n) is 5.54. The second kappa shape index (κ2) is 9.82. The Labute approximate surface area is 206 Å². The first-order chi connectivity index (χ1) is 17.2. The first kappa shape index (κ1) is 24.3. The molecule has 0 aliphatic rings. The van der Waals surface area contributed by atoms with Gasteiger partial charge in [0.15, 0.2) is 11.6 Å². The number of nitrogens with zero attached hydrogens (tertiary/aromatic N) is 5. The Balaban J connectivity index is 1.80. The Hall–Kier alpha value is -4.80. The highest BCUT2D eigenvalue weighted by molar-refractivity contribution is 6.08. The summed E-state index contributed by atoms with van der Waals surface area (Å²) < 4.78 is 6.47. The number of ether oxygens (including phenoxy) is 1. The molecule has 2 aromatic carbocycles. The molecular formula is C25H24N6O5. The molecule has 0 spiro atoms. The molecule has 0 radical (unpaired) electrons. The van der Waals surface area contributed by atoms with E-state index in [0.29, 0.717) is 17.0 Å². The van der Waals surface area contributed by atoms with Crippen LogP contribution in [0.3, 0.4) is 0 Å². The van der Waals surface area contributed by atoms with Crippen LogP contribution in [0.2, 0.25) is 0 Å². The number of carbonyl (C=O) groups is 2. The van der Waals surface area contributed by atoms with Crippen LogP contribution in [-0.2, 0) is 4.74 Å². The van der Waals surface area contributed by atoms with Gasteiger partial charge in [-0.2, -0.15) is 9.78 Å². The van der Waals surface area contributed by atoms with Crippen molar-refractivity contribution in [2.24, 2.45) is 0 Å². The molecule has 0 unspecified atom stereocenters. The van der Waals surface area contributed by atoms with E-state index in [9.17, 15) is 19.7 Å². The number of nitro groups is 1. The molecule has 0 aliphatic heterocycles. The predicted molar refractivity (Wildman–Crippen MR) is 135 cm³/mol. The summed E-state index contributed by atoms with van der Waals surface area (Å²) >= 11 is 0. The maximum atomic E-state index is 13.2. The number of hydrogen-bond acceptors (Lipinski definition) is 8. The number of esters is 1. The molecule has 11 nitrogen and oxygen atoms in total. The zero-order valence-electron chi connectivity index (χ0n) is 20.2. The predicted octanol–water partition coefficient (Wildman–Crippen LogP) is 4.13. The van der Waals surface area contributed by atoms with Crippen molar-refractivity contribution in [3.05, 3.63) is 81.5 Å². The molecule has 1 amide bonds. The number of carbonyl (C=O) groups excluding carboxylic acids is 2. The average molecular weight is 489 g/mol. The van der Waals surface area contributed by atoms with Gasteiger partial charge in [-0.05, 0) is 43.7 Å². The van der Waals surface area contributed by atoms with Gasteiger partial charge in [0.1, 0.15) is 11.3 Å². The topological polar surface area (TPSA) is 132 Å². The van der Waals surface area contributed by atoms with Gasteiger partial charge in [0, 0.05) is 31.1 Å². The summed E-state index contributed by atoms with van der Waals surface area (Å²) in [5, 5.41) is 19.5. The number of nitro benzene ring substituents is 1. The second-order valence-corrected chi connectivity index (χ2v) is 8.16. The fourth-order valence-electron chi connectivity index (χ4n) is 3.81. The van der Waals surface area contributed by atoms with E-state index in [4.69, 9.17) is 4.74 Å². The Morgan fingerprint density at radius 2 is 1.92 bits per heavy atom. The molecule has 0 bridgehead atoms. The van der Waals surface area contributed by atoms with E-state index in [1.54, 1.807) is 32.0 Å². The largest absolute Gasteiger partial charge is 0.462 e. The van der Waals surface area contributed by atoms with E-state index in [0.717, 1.165) is 10.9 Å². The van der Waals surface area contributed by atoms with E-state index >= 15 is 0 Å². The molecule has 0 fully saturated rings.